The van der Waals surface area contributed by atoms with Gasteiger partial charge in [-0.1, -0.05) is 35.9 Å². The summed E-state index contributed by atoms with van der Waals surface area (Å²) < 4.78 is 16.2. The van der Waals surface area contributed by atoms with Gasteiger partial charge in [-0.15, -0.1) is 0 Å². The number of carbonyl (C=O) groups excluding carboxylic acids is 2. The van der Waals surface area contributed by atoms with Crippen LogP contribution in [0.5, 0.6) is 17.2 Å². The van der Waals surface area contributed by atoms with Gasteiger partial charge >= 0.3 is 0 Å². The molecule has 0 saturated heterocycles. The van der Waals surface area contributed by atoms with Gasteiger partial charge in [0.05, 0.1) is 7.11 Å². The maximum atomic E-state index is 12.2. The highest BCUT2D eigenvalue weighted by Crippen LogP contribution is 2.25. The van der Waals surface area contributed by atoms with E-state index in [0.717, 1.165) is 5.56 Å². The second kappa shape index (κ2) is 10.7. The molecule has 3 rings (SSSR count). The molecule has 0 fully saturated rings. The van der Waals surface area contributed by atoms with Crippen molar-refractivity contribution >= 4 is 23.2 Å². The summed E-state index contributed by atoms with van der Waals surface area (Å²) in [4.78, 5) is 24.4. The van der Waals surface area contributed by atoms with Gasteiger partial charge in [0, 0.05) is 11.4 Å². The molecule has 0 atom stereocenters. The molecule has 3 aromatic carbocycles. The Labute approximate surface area is 180 Å². The third-order valence-corrected chi connectivity index (χ3v) is 4.25. The highest BCUT2D eigenvalue weighted by molar-refractivity contribution is 5.95. The molecular weight excluding hydrogens is 396 g/mol. The van der Waals surface area contributed by atoms with E-state index in [-0.39, 0.29) is 25.0 Å². The third kappa shape index (κ3) is 6.78. The molecule has 3 aromatic rings. The lowest BCUT2D eigenvalue weighted by Gasteiger charge is -2.11. The first-order valence-corrected chi connectivity index (χ1v) is 9.68. The lowest BCUT2D eigenvalue weighted by atomic mass is 10.2. The molecule has 0 aromatic heterocycles. The van der Waals surface area contributed by atoms with Crippen LogP contribution in [0.15, 0.2) is 72.8 Å². The van der Waals surface area contributed by atoms with Crippen molar-refractivity contribution < 1.29 is 23.8 Å². The van der Waals surface area contributed by atoms with Crippen LogP contribution in [0, 0.1) is 6.92 Å². The molecule has 0 aliphatic carbocycles. The Balaban J connectivity index is 1.49. The third-order valence-electron chi connectivity index (χ3n) is 4.25. The van der Waals surface area contributed by atoms with Gasteiger partial charge in [-0.25, -0.2) is 0 Å². The van der Waals surface area contributed by atoms with E-state index in [1.807, 2.05) is 37.3 Å². The summed E-state index contributed by atoms with van der Waals surface area (Å²) in [5.41, 5.74) is 2.19. The number of aryl methyl sites for hydroxylation is 1. The summed E-state index contributed by atoms with van der Waals surface area (Å²) in [7, 11) is 1.54. The first kappa shape index (κ1) is 21.7. The van der Waals surface area contributed by atoms with Crippen molar-refractivity contribution in [1.82, 2.24) is 0 Å². The minimum absolute atomic E-state index is 0.119. The molecule has 0 saturated carbocycles. The average Bonchev–Trinajstić information content (AvgIpc) is 2.78. The number of hydrogen-bond acceptors (Lipinski definition) is 5. The van der Waals surface area contributed by atoms with E-state index in [9.17, 15) is 9.59 Å². The fraction of sp³-hybridized carbons (Fsp3) is 0.167. The number of methoxy groups -OCH3 is 1. The van der Waals surface area contributed by atoms with Crippen molar-refractivity contribution in [2.45, 2.75) is 6.92 Å². The Morgan fingerprint density at radius 2 is 1.32 bits per heavy atom. The Bertz CT molecular complexity index is 1030. The maximum absolute atomic E-state index is 12.2. The topological polar surface area (TPSA) is 85.9 Å². The molecule has 0 spiro atoms. The smallest absolute Gasteiger partial charge is 0.262 e. The van der Waals surface area contributed by atoms with E-state index in [2.05, 4.69) is 10.6 Å². The average molecular weight is 420 g/mol. The van der Waals surface area contributed by atoms with Crippen LogP contribution < -0.4 is 24.8 Å². The SMILES string of the molecule is COc1ccccc1OCC(=O)Nc1cccc(NC(=O)COc2ccc(C)cc2)c1. The molecular formula is C24H24N2O5. The van der Waals surface area contributed by atoms with Crippen molar-refractivity contribution in [2.75, 3.05) is 31.0 Å². The monoisotopic (exact) mass is 420 g/mol. The number of amides is 2. The van der Waals surface area contributed by atoms with E-state index >= 15 is 0 Å². The fourth-order valence-electron chi connectivity index (χ4n) is 2.73. The predicted octanol–water partition coefficient (Wildman–Crippen LogP) is 4.04. The molecule has 0 radical (unpaired) electrons. The molecule has 0 unspecified atom stereocenters. The van der Waals surface area contributed by atoms with Gasteiger partial charge in [-0.2, -0.15) is 0 Å². The van der Waals surface area contributed by atoms with Gasteiger partial charge in [-0.3, -0.25) is 9.59 Å². The van der Waals surface area contributed by atoms with Crippen LogP contribution in [0.1, 0.15) is 5.56 Å². The molecule has 31 heavy (non-hydrogen) atoms. The number of nitrogens with one attached hydrogen (secondary N) is 2. The van der Waals surface area contributed by atoms with Crippen molar-refractivity contribution in [3.05, 3.63) is 78.4 Å². The summed E-state index contributed by atoms with van der Waals surface area (Å²) >= 11 is 0. The first-order chi connectivity index (χ1) is 15.0. The Morgan fingerprint density at radius 1 is 0.742 bits per heavy atom. The number of anilines is 2. The quantitative estimate of drug-likeness (QED) is 0.546. The number of rotatable bonds is 9. The van der Waals surface area contributed by atoms with Gasteiger partial charge in [0.2, 0.25) is 0 Å². The van der Waals surface area contributed by atoms with Crippen molar-refractivity contribution in [2.24, 2.45) is 0 Å². The Morgan fingerprint density at radius 3 is 1.94 bits per heavy atom. The van der Waals surface area contributed by atoms with Gasteiger partial charge in [-0.05, 0) is 49.4 Å². The first-order valence-electron chi connectivity index (χ1n) is 9.68. The molecule has 160 valence electrons. The summed E-state index contributed by atoms with van der Waals surface area (Å²) in [6.07, 6.45) is 0. The van der Waals surface area contributed by atoms with E-state index in [1.54, 1.807) is 42.5 Å². The highest BCUT2D eigenvalue weighted by Gasteiger charge is 2.09. The molecule has 0 heterocycles. The number of para-hydroxylation sites is 2. The number of hydrogen-bond donors (Lipinski definition) is 2. The lowest BCUT2D eigenvalue weighted by molar-refractivity contribution is -0.118. The predicted molar refractivity (Wildman–Crippen MR) is 119 cm³/mol. The molecule has 0 aliphatic heterocycles. The zero-order chi connectivity index (χ0) is 22.1. The number of ether oxygens (including phenoxy) is 3. The van der Waals surface area contributed by atoms with E-state index in [0.29, 0.717) is 28.6 Å². The summed E-state index contributed by atoms with van der Waals surface area (Å²) in [6, 6.07) is 21.4. The van der Waals surface area contributed by atoms with Gasteiger partial charge in [0.15, 0.2) is 24.7 Å². The van der Waals surface area contributed by atoms with Gasteiger partial charge < -0.3 is 24.8 Å². The summed E-state index contributed by atoms with van der Waals surface area (Å²) in [5, 5.41) is 5.49. The van der Waals surface area contributed by atoms with E-state index in [4.69, 9.17) is 14.2 Å². The van der Waals surface area contributed by atoms with Crippen LogP contribution in [-0.2, 0) is 9.59 Å². The van der Waals surface area contributed by atoms with Crippen LogP contribution in [0.4, 0.5) is 11.4 Å². The number of benzene rings is 3. The van der Waals surface area contributed by atoms with Crippen LogP contribution in [0.25, 0.3) is 0 Å². The Kier molecular flexibility index (Phi) is 7.48. The largest absolute Gasteiger partial charge is 0.493 e. The van der Waals surface area contributed by atoms with Gasteiger partial charge in [0.25, 0.3) is 11.8 Å². The van der Waals surface area contributed by atoms with Crippen LogP contribution in [0.3, 0.4) is 0 Å². The van der Waals surface area contributed by atoms with Crippen LogP contribution in [0.2, 0.25) is 0 Å². The standard InChI is InChI=1S/C24H24N2O5/c1-17-10-12-20(13-11-17)30-15-23(27)25-18-6-5-7-19(14-18)26-24(28)16-31-22-9-4-3-8-21(22)29-2/h3-14H,15-16H2,1-2H3,(H,25,27)(H,26,28). The lowest BCUT2D eigenvalue weighted by Crippen LogP contribution is -2.21. The van der Waals surface area contributed by atoms with Crippen molar-refractivity contribution in [3.63, 3.8) is 0 Å². The molecule has 7 nitrogen and oxygen atoms in total. The fourth-order valence-corrected chi connectivity index (χ4v) is 2.73. The molecule has 2 amide bonds. The van der Waals surface area contributed by atoms with Crippen molar-refractivity contribution in [1.29, 1.82) is 0 Å². The normalized spacial score (nSPS) is 10.1. The highest BCUT2D eigenvalue weighted by atomic mass is 16.5. The zero-order valence-corrected chi connectivity index (χ0v) is 17.4. The van der Waals surface area contributed by atoms with Crippen molar-refractivity contribution in [3.8, 4) is 17.2 Å². The van der Waals surface area contributed by atoms with Crippen LogP contribution in [-0.4, -0.2) is 32.1 Å². The summed E-state index contributed by atoms with van der Waals surface area (Å²) in [5.74, 6) is 1.01. The second-order valence-electron chi connectivity index (χ2n) is 6.72. The zero-order valence-electron chi connectivity index (χ0n) is 17.4. The molecule has 0 aliphatic rings. The van der Waals surface area contributed by atoms with E-state index in [1.165, 1.54) is 7.11 Å². The maximum Gasteiger partial charge on any atom is 0.262 e. The molecule has 0 bridgehead atoms. The summed E-state index contributed by atoms with van der Waals surface area (Å²) in [6.45, 7) is 1.68. The second-order valence-corrected chi connectivity index (χ2v) is 6.72. The molecule has 7 heteroatoms. The van der Waals surface area contributed by atoms with Crippen LogP contribution >= 0.6 is 0 Å². The minimum Gasteiger partial charge on any atom is -0.493 e. The van der Waals surface area contributed by atoms with E-state index < -0.39 is 0 Å². The molecule has 2 N–H and O–H groups in total. The van der Waals surface area contributed by atoms with Gasteiger partial charge in [0.1, 0.15) is 5.75 Å². The number of carbonyl (C=O) groups is 2. The Hall–Kier alpha value is -4.00. The minimum atomic E-state index is -0.336.